The van der Waals surface area contributed by atoms with Gasteiger partial charge in [0, 0.05) is 11.9 Å². The summed E-state index contributed by atoms with van der Waals surface area (Å²) in [4.78, 5) is 53.4. The van der Waals surface area contributed by atoms with E-state index >= 15 is 0 Å². The van der Waals surface area contributed by atoms with E-state index < -0.39 is 36.5 Å². The molecular weight excluding hydrogens is 543 g/mol. The van der Waals surface area contributed by atoms with E-state index in [9.17, 15) is 24.3 Å². The number of allylic oxidation sites excluding steroid dienone is 1. The van der Waals surface area contributed by atoms with Crippen molar-refractivity contribution in [1.82, 2.24) is 9.47 Å². The Morgan fingerprint density at radius 1 is 1.08 bits per heavy atom. The number of benzene rings is 1. The second-order valence-electron chi connectivity index (χ2n) is 8.22. The fourth-order valence-corrected chi connectivity index (χ4v) is 7.53. The summed E-state index contributed by atoms with van der Waals surface area (Å²) in [5, 5.41) is 19.5. The zero-order valence-electron chi connectivity index (χ0n) is 19.4. The van der Waals surface area contributed by atoms with Gasteiger partial charge in [-0.3, -0.25) is 28.6 Å². The largest absolute Gasteiger partial charge is 0.480 e. The molecule has 0 bridgehead atoms. The number of para-hydroxylation sites is 1. The van der Waals surface area contributed by atoms with Gasteiger partial charge < -0.3 is 15.1 Å². The summed E-state index contributed by atoms with van der Waals surface area (Å²) in [6, 6.07) is 7.93. The number of nitrogens with zero attached hydrogens (tertiary/aromatic N) is 3. The van der Waals surface area contributed by atoms with E-state index in [1.165, 1.54) is 0 Å². The summed E-state index contributed by atoms with van der Waals surface area (Å²) in [6.07, 6.45) is 1.92. The topological polar surface area (TPSA) is 120 Å². The van der Waals surface area contributed by atoms with Crippen LogP contribution in [0.1, 0.15) is 13.8 Å². The van der Waals surface area contributed by atoms with Crippen LogP contribution in [0.15, 0.2) is 45.1 Å². The Hall–Kier alpha value is -2.87. The molecule has 1 fully saturated rings. The molecule has 2 aliphatic heterocycles. The lowest BCUT2D eigenvalue weighted by Crippen LogP contribution is -2.37. The fraction of sp³-hybridized carbons (Fsp3) is 0.261. The van der Waals surface area contributed by atoms with Gasteiger partial charge in [-0.05, 0) is 29.7 Å². The number of rotatable bonds is 6. The number of anilines is 1. The minimum Gasteiger partial charge on any atom is -0.480 e. The van der Waals surface area contributed by atoms with Crippen LogP contribution in [-0.4, -0.2) is 55.4 Å². The third kappa shape index (κ3) is 4.88. The molecule has 1 saturated heterocycles. The highest BCUT2D eigenvalue weighted by Crippen LogP contribution is 2.45. The second kappa shape index (κ2) is 10.2. The van der Waals surface area contributed by atoms with Gasteiger partial charge in [-0.1, -0.05) is 61.7 Å². The monoisotopic (exact) mass is 563 g/mol. The van der Waals surface area contributed by atoms with Gasteiger partial charge in [-0.25, -0.2) is 0 Å². The Kier molecular flexibility index (Phi) is 7.46. The molecule has 1 aromatic carbocycles. The molecule has 0 aliphatic carbocycles. The van der Waals surface area contributed by atoms with Gasteiger partial charge in [0.1, 0.15) is 27.0 Å². The number of carboxylic acids is 2. The molecule has 188 valence electrons. The number of fused-ring (bicyclic) bond motifs is 1. The first-order chi connectivity index (χ1) is 17.0. The van der Waals surface area contributed by atoms with Crippen LogP contribution >= 0.6 is 47.1 Å². The van der Waals surface area contributed by atoms with E-state index in [0.29, 0.717) is 10.1 Å². The van der Waals surface area contributed by atoms with E-state index in [0.717, 1.165) is 48.2 Å². The van der Waals surface area contributed by atoms with Gasteiger partial charge in [-0.15, -0.1) is 11.3 Å². The maximum Gasteiger partial charge on any atom is 0.323 e. The molecule has 0 saturated carbocycles. The summed E-state index contributed by atoms with van der Waals surface area (Å²) in [7, 11) is 1.94. The maximum absolute atomic E-state index is 13.5. The number of thiazole rings is 1. The van der Waals surface area contributed by atoms with Crippen molar-refractivity contribution in [2.24, 2.45) is 5.92 Å². The van der Waals surface area contributed by atoms with Crippen LogP contribution in [0.5, 0.6) is 0 Å². The van der Waals surface area contributed by atoms with Crippen LogP contribution < -0.4 is 19.7 Å². The maximum atomic E-state index is 13.5. The van der Waals surface area contributed by atoms with Gasteiger partial charge >= 0.3 is 11.9 Å². The number of thiocarbonyl (C=S) groups is 1. The summed E-state index contributed by atoms with van der Waals surface area (Å²) in [5.74, 6) is -3.22. The number of hydrogen-bond acceptors (Lipinski definition) is 9. The second-order valence-corrected chi connectivity index (χ2v) is 11.9. The van der Waals surface area contributed by atoms with E-state index in [-0.39, 0.29) is 19.8 Å². The Balaban J connectivity index is 1.96. The highest BCUT2D eigenvalue weighted by atomic mass is 32.2. The van der Waals surface area contributed by atoms with Gasteiger partial charge in [0.05, 0.1) is 15.2 Å². The minimum absolute atomic E-state index is 0.0404. The van der Waals surface area contributed by atoms with Gasteiger partial charge in [0.25, 0.3) is 11.5 Å². The quantitative estimate of drug-likeness (QED) is 0.505. The molecule has 13 heteroatoms. The van der Waals surface area contributed by atoms with Crippen molar-refractivity contribution in [3.05, 3.63) is 54.9 Å². The molecule has 4 rings (SSSR count). The van der Waals surface area contributed by atoms with Crippen molar-refractivity contribution in [1.29, 1.82) is 0 Å². The van der Waals surface area contributed by atoms with E-state index in [1.54, 1.807) is 11.8 Å². The van der Waals surface area contributed by atoms with Crippen molar-refractivity contribution in [2.75, 3.05) is 18.5 Å². The van der Waals surface area contributed by atoms with Crippen LogP contribution in [0.2, 0.25) is 0 Å². The molecular formula is C23H21N3O6S4. The number of thioether (sulfide) groups is 2. The molecule has 2 aliphatic rings. The number of amides is 1. The number of aliphatic carboxylic acids is 2. The lowest BCUT2D eigenvalue weighted by atomic mass is 10.0. The Morgan fingerprint density at radius 2 is 1.75 bits per heavy atom. The van der Waals surface area contributed by atoms with Gasteiger partial charge in [-0.2, -0.15) is 0 Å². The highest BCUT2D eigenvalue weighted by Gasteiger charge is 2.35. The number of aromatic nitrogens is 1. The van der Waals surface area contributed by atoms with Gasteiger partial charge in [0.15, 0.2) is 0 Å². The highest BCUT2D eigenvalue weighted by molar-refractivity contribution is 8.30. The van der Waals surface area contributed by atoms with Crippen LogP contribution in [-0.2, 0) is 20.9 Å². The summed E-state index contributed by atoms with van der Waals surface area (Å²) in [5.41, 5.74) is 1.23. The Labute approximate surface area is 223 Å². The smallest absolute Gasteiger partial charge is 0.323 e. The van der Waals surface area contributed by atoms with Crippen molar-refractivity contribution in [3.8, 4) is 0 Å². The average molecular weight is 564 g/mol. The minimum atomic E-state index is -1.24. The molecule has 1 amide bonds. The Morgan fingerprint density at radius 3 is 2.36 bits per heavy atom. The van der Waals surface area contributed by atoms with Crippen molar-refractivity contribution in [2.45, 2.75) is 25.3 Å². The van der Waals surface area contributed by atoms with Crippen LogP contribution in [0, 0.1) is 5.92 Å². The van der Waals surface area contributed by atoms with Crippen LogP contribution in [0.4, 0.5) is 5.69 Å². The third-order valence-corrected chi connectivity index (χ3v) is 9.41. The molecule has 0 atom stereocenters. The molecule has 0 unspecified atom stereocenters. The lowest BCUT2D eigenvalue weighted by Gasteiger charge is -2.15. The van der Waals surface area contributed by atoms with E-state index in [4.69, 9.17) is 17.3 Å². The van der Waals surface area contributed by atoms with Crippen molar-refractivity contribution < 1.29 is 24.6 Å². The molecule has 2 aromatic rings. The summed E-state index contributed by atoms with van der Waals surface area (Å²) < 4.78 is 1.56. The molecule has 0 radical (unpaired) electrons. The van der Waals surface area contributed by atoms with Crippen molar-refractivity contribution >= 4 is 85.4 Å². The summed E-state index contributed by atoms with van der Waals surface area (Å²) in [6.45, 7) is 2.61. The summed E-state index contributed by atoms with van der Waals surface area (Å²) >= 11 is 8.64. The third-order valence-electron chi connectivity index (χ3n) is 5.45. The SMILES string of the molecule is CC(C)C(/C=C1\Sc2ccccc2N1C)=c1\s/c(=C2/SC(=S)N(CC(=O)O)C2=O)n(CC(=O)O)c1=O. The predicted molar refractivity (Wildman–Crippen MR) is 145 cm³/mol. The molecule has 1 aromatic heterocycles. The lowest BCUT2D eigenvalue weighted by molar-refractivity contribution is -0.140. The van der Waals surface area contributed by atoms with Crippen LogP contribution in [0.3, 0.4) is 0 Å². The first-order valence-electron chi connectivity index (χ1n) is 10.7. The fourth-order valence-electron chi connectivity index (χ4n) is 3.71. The normalized spacial score (nSPS) is 18.9. The molecule has 2 N–H and O–H groups in total. The molecule has 3 heterocycles. The van der Waals surface area contributed by atoms with Crippen LogP contribution in [0.25, 0.3) is 10.5 Å². The van der Waals surface area contributed by atoms with Gasteiger partial charge in [0.2, 0.25) is 0 Å². The Bertz CT molecular complexity index is 1520. The first-order valence-corrected chi connectivity index (χ1v) is 13.5. The zero-order chi connectivity index (χ0) is 26.3. The first kappa shape index (κ1) is 26.2. The number of carboxylic acid groups (broad SMARTS) is 2. The van der Waals surface area contributed by atoms with Crippen molar-refractivity contribution in [3.63, 3.8) is 0 Å². The standard InChI is InChI=1S/C23H21N3O6S4/c1-11(2)12(8-15-24(3)13-6-4-5-7-14(13)34-15)18-20(31)25(9-16(27)28)22(35-18)19-21(32)26(10-17(29)30)23(33)36-19/h4-8,11H,9-10H2,1-3H3,(H,27,28)(H,29,30)/b15-8-,18-12-,22-19+. The predicted octanol–water partition coefficient (Wildman–Crippen LogP) is 1.94. The number of carbonyl (C=O) groups excluding carboxylic acids is 1. The zero-order valence-corrected chi connectivity index (χ0v) is 22.6. The van der Waals surface area contributed by atoms with E-state index in [2.05, 4.69) is 0 Å². The molecule has 0 spiro atoms. The number of carbonyl (C=O) groups is 3. The molecule has 36 heavy (non-hydrogen) atoms. The molecule has 9 nitrogen and oxygen atoms in total. The van der Waals surface area contributed by atoms with E-state index in [1.807, 2.05) is 56.1 Å². The average Bonchev–Trinajstić information content (AvgIpc) is 3.39. The number of hydrogen-bond donors (Lipinski definition) is 2.